The van der Waals surface area contributed by atoms with Crippen LogP contribution in [0.2, 0.25) is 0 Å². The van der Waals surface area contributed by atoms with Crippen molar-refractivity contribution < 1.29 is 7.16 Å². The van der Waals surface area contributed by atoms with Crippen molar-refractivity contribution >= 4 is 43.4 Å². The molecular formula is C25H23NOS. The average molecular weight is 388 g/mol. The van der Waals surface area contributed by atoms with Gasteiger partial charge in [-0.05, 0) is 60.7 Å². The predicted molar refractivity (Wildman–Crippen MR) is 120 cm³/mol. The summed E-state index contributed by atoms with van der Waals surface area (Å²) in [5, 5.41) is 3.42. The van der Waals surface area contributed by atoms with Crippen molar-refractivity contribution in [2.75, 3.05) is 0 Å². The molecule has 0 spiro atoms. The highest BCUT2D eigenvalue weighted by Gasteiger charge is 2.17. The Labute approximate surface area is 171 Å². The highest BCUT2D eigenvalue weighted by molar-refractivity contribution is 7.19. The summed E-state index contributed by atoms with van der Waals surface area (Å²) in [6, 6.07) is 16.1. The monoisotopic (exact) mass is 387 g/mol. The number of aryl methyl sites for hydroxylation is 1. The van der Waals surface area contributed by atoms with E-state index in [9.17, 15) is 0 Å². The van der Waals surface area contributed by atoms with Gasteiger partial charge in [0.25, 0.3) is 0 Å². The number of thiophene rings is 1. The Bertz CT molecular complexity index is 1420. The lowest BCUT2D eigenvalue weighted by Gasteiger charge is -2.18. The fourth-order valence-corrected chi connectivity index (χ4v) is 4.76. The Morgan fingerprint density at radius 3 is 2.75 bits per heavy atom. The zero-order valence-corrected chi connectivity index (χ0v) is 17.3. The fourth-order valence-electron chi connectivity index (χ4n) is 3.83. The maximum absolute atomic E-state index is 8.64. The van der Waals surface area contributed by atoms with E-state index in [1.54, 1.807) is 23.6 Å². The van der Waals surface area contributed by atoms with Gasteiger partial charge in [-0.3, -0.25) is 4.98 Å². The van der Waals surface area contributed by atoms with Crippen molar-refractivity contribution in [2.45, 2.75) is 34.1 Å². The molecule has 2 aromatic carbocycles. The second-order valence-electron chi connectivity index (χ2n) is 8.30. The van der Waals surface area contributed by atoms with Gasteiger partial charge in [0.1, 0.15) is 11.2 Å². The molecule has 0 amide bonds. The first-order valence-electron chi connectivity index (χ1n) is 10.5. The molecule has 5 aromatic rings. The van der Waals surface area contributed by atoms with Gasteiger partial charge in [-0.2, -0.15) is 0 Å². The van der Waals surface area contributed by atoms with E-state index < -0.39 is 11.8 Å². The van der Waals surface area contributed by atoms with E-state index in [1.807, 2.05) is 45.0 Å². The normalized spacial score (nSPS) is 14.0. The lowest BCUT2D eigenvalue weighted by molar-refractivity contribution is 0.411. The Kier molecular flexibility index (Phi) is 3.38. The third kappa shape index (κ3) is 2.91. The summed E-state index contributed by atoms with van der Waals surface area (Å²) in [5.41, 5.74) is 3.37. The number of rotatable bonds is 2. The number of pyridine rings is 1. The molecule has 0 atom stereocenters. The lowest BCUT2D eigenvalue weighted by atomic mass is 9.88. The molecule has 0 aliphatic heterocycles. The molecule has 28 heavy (non-hydrogen) atoms. The van der Waals surface area contributed by atoms with Crippen LogP contribution in [0.25, 0.3) is 43.3 Å². The smallest absolute Gasteiger partial charge is 0.144 e. The van der Waals surface area contributed by atoms with E-state index in [0.717, 1.165) is 33.2 Å². The van der Waals surface area contributed by atoms with Crippen molar-refractivity contribution in [1.82, 2.24) is 4.98 Å². The van der Waals surface area contributed by atoms with Gasteiger partial charge in [0.15, 0.2) is 0 Å². The molecule has 140 valence electrons. The number of fused-ring (bicyclic) bond motifs is 5. The molecule has 0 saturated heterocycles. The number of furan rings is 1. The van der Waals surface area contributed by atoms with Gasteiger partial charge in [-0.15, -0.1) is 11.3 Å². The first kappa shape index (κ1) is 15.3. The van der Waals surface area contributed by atoms with Gasteiger partial charge >= 0.3 is 0 Å². The van der Waals surface area contributed by atoms with Gasteiger partial charge in [0, 0.05) is 40.2 Å². The zero-order valence-electron chi connectivity index (χ0n) is 18.5. The summed E-state index contributed by atoms with van der Waals surface area (Å²) >= 11 is 1.79. The molecule has 5 rings (SSSR count). The van der Waals surface area contributed by atoms with Crippen LogP contribution in [0.3, 0.4) is 0 Å². The van der Waals surface area contributed by atoms with E-state index >= 15 is 0 Å². The molecule has 0 N–H and O–H groups in total. The summed E-state index contributed by atoms with van der Waals surface area (Å²) in [6.07, 6.45) is 0.211. The van der Waals surface area contributed by atoms with Crippen LogP contribution in [-0.2, 0) is 6.37 Å². The lowest BCUT2D eigenvalue weighted by Crippen LogP contribution is -2.09. The SMILES string of the molecule is [2H]C([2H])(c1ccnc(-c2cccc3c2oc2ccc4sc(C)cc4c23)c1)C(C)(C)C. The largest absolute Gasteiger partial charge is 0.455 e. The van der Waals surface area contributed by atoms with Gasteiger partial charge < -0.3 is 4.42 Å². The van der Waals surface area contributed by atoms with Crippen LogP contribution < -0.4 is 0 Å². The minimum absolute atomic E-state index is 0.528. The third-order valence-corrected chi connectivity index (χ3v) is 5.85. The van der Waals surface area contributed by atoms with Gasteiger partial charge in [0.2, 0.25) is 0 Å². The number of aromatic nitrogens is 1. The van der Waals surface area contributed by atoms with Gasteiger partial charge in [-0.1, -0.05) is 32.9 Å². The average Bonchev–Trinajstić information content (AvgIpc) is 3.26. The summed E-state index contributed by atoms with van der Waals surface area (Å²) in [6.45, 7) is 7.88. The minimum Gasteiger partial charge on any atom is -0.455 e. The predicted octanol–water partition coefficient (Wildman–Crippen LogP) is 7.76. The van der Waals surface area contributed by atoms with Crippen molar-refractivity contribution in [2.24, 2.45) is 5.41 Å². The second kappa shape index (κ2) is 6.18. The highest BCUT2D eigenvalue weighted by Crippen LogP contribution is 2.40. The maximum Gasteiger partial charge on any atom is 0.144 e. The minimum atomic E-state index is -1.48. The van der Waals surface area contributed by atoms with Crippen LogP contribution in [0.15, 0.2) is 59.1 Å². The van der Waals surface area contributed by atoms with Crippen LogP contribution in [0, 0.1) is 12.3 Å². The molecule has 0 radical (unpaired) electrons. The van der Waals surface area contributed by atoms with Crippen molar-refractivity contribution in [3.63, 3.8) is 0 Å². The Morgan fingerprint density at radius 1 is 1.07 bits per heavy atom. The van der Waals surface area contributed by atoms with Crippen LogP contribution >= 0.6 is 11.3 Å². The van der Waals surface area contributed by atoms with Gasteiger partial charge in [0.05, 0.1) is 5.69 Å². The van der Waals surface area contributed by atoms with E-state index in [-0.39, 0.29) is 0 Å². The Morgan fingerprint density at radius 2 is 1.93 bits per heavy atom. The molecule has 3 aromatic heterocycles. The number of hydrogen-bond acceptors (Lipinski definition) is 3. The standard InChI is InChI=1S/C25H23NOS/c1-15-12-19-22(28-15)9-8-21-23(19)18-7-5-6-17(24(18)27-21)20-13-16(10-11-26-20)14-25(2,3)4/h5-13H,14H2,1-4H3/i14D2. The van der Waals surface area contributed by atoms with Crippen LogP contribution in [0.1, 0.15) is 34.0 Å². The quantitative estimate of drug-likeness (QED) is 0.309. The molecule has 3 heterocycles. The maximum atomic E-state index is 8.64. The molecule has 0 bridgehead atoms. The Balaban J connectivity index is 1.77. The van der Waals surface area contributed by atoms with Crippen molar-refractivity contribution in [3.05, 3.63) is 65.2 Å². The van der Waals surface area contributed by atoms with E-state index in [2.05, 4.69) is 30.1 Å². The molecular weight excluding hydrogens is 362 g/mol. The van der Waals surface area contributed by atoms with Crippen LogP contribution in [0.4, 0.5) is 0 Å². The summed E-state index contributed by atoms with van der Waals surface area (Å²) in [4.78, 5) is 5.85. The van der Waals surface area contributed by atoms with E-state index in [4.69, 9.17) is 7.16 Å². The number of para-hydroxylation sites is 1. The van der Waals surface area contributed by atoms with E-state index in [0.29, 0.717) is 5.56 Å². The molecule has 3 heteroatoms. The summed E-state index contributed by atoms with van der Waals surface area (Å²) < 4.78 is 24.9. The fraction of sp³-hybridized carbons (Fsp3) is 0.240. The number of benzene rings is 2. The van der Waals surface area contributed by atoms with Crippen LogP contribution in [0.5, 0.6) is 0 Å². The molecule has 0 saturated carbocycles. The molecule has 0 fully saturated rings. The molecule has 0 unspecified atom stereocenters. The second-order valence-corrected chi connectivity index (χ2v) is 9.58. The highest BCUT2D eigenvalue weighted by atomic mass is 32.1. The molecule has 2 nitrogen and oxygen atoms in total. The van der Waals surface area contributed by atoms with Gasteiger partial charge in [-0.25, -0.2) is 0 Å². The molecule has 0 aliphatic rings. The Hall–Kier alpha value is -2.65. The number of nitrogens with zero attached hydrogens (tertiary/aromatic N) is 1. The topological polar surface area (TPSA) is 26.0 Å². The third-order valence-electron chi connectivity index (χ3n) is 4.84. The first-order valence-corrected chi connectivity index (χ1v) is 10.3. The summed E-state index contributed by atoms with van der Waals surface area (Å²) in [5.74, 6) is 0. The van der Waals surface area contributed by atoms with Crippen LogP contribution in [-0.4, -0.2) is 4.98 Å². The summed E-state index contributed by atoms with van der Waals surface area (Å²) in [7, 11) is 0. The zero-order chi connectivity index (χ0) is 21.3. The van der Waals surface area contributed by atoms with E-state index in [1.165, 1.54) is 15.0 Å². The van der Waals surface area contributed by atoms with Crippen molar-refractivity contribution in [3.8, 4) is 11.3 Å². The first-order chi connectivity index (χ1) is 14.2. The molecule has 0 aliphatic carbocycles. The number of hydrogen-bond donors (Lipinski definition) is 0. The van der Waals surface area contributed by atoms with Crippen molar-refractivity contribution in [1.29, 1.82) is 0 Å².